The highest BCUT2D eigenvalue weighted by atomic mass is 32.2. The predicted molar refractivity (Wildman–Crippen MR) is 132 cm³/mol. The summed E-state index contributed by atoms with van der Waals surface area (Å²) in [7, 11) is -3.85. The number of carbonyl (C=O) groups excluding carboxylic acids is 1. The molecule has 1 amide bonds. The first-order chi connectivity index (χ1) is 15.5. The van der Waals surface area contributed by atoms with Gasteiger partial charge >= 0.3 is 0 Å². The normalized spacial score (nSPS) is 11.2. The Labute approximate surface area is 194 Å². The molecule has 0 saturated heterocycles. The van der Waals surface area contributed by atoms with E-state index in [-0.39, 0.29) is 17.3 Å². The van der Waals surface area contributed by atoms with E-state index >= 15 is 0 Å². The summed E-state index contributed by atoms with van der Waals surface area (Å²) in [4.78, 5) is 12.7. The summed E-state index contributed by atoms with van der Waals surface area (Å²) in [5.74, 6) is 1.54. The van der Waals surface area contributed by atoms with E-state index in [0.29, 0.717) is 12.2 Å². The van der Waals surface area contributed by atoms with Gasteiger partial charge in [-0.15, -0.1) is 0 Å². The number of carbonyl (C=O) groups is 1. The van der Waals surface area contributed by atoms with Crippen LogP contribution in [0.5, 0.6) is 0 Å². The zero-order chi connectivity index (χ0) is 22.8. The van der Waals surface area contributed by atoms with Crippen LogP contribution in [-0.4, -0.2) is 33.2 Å². The Morgan fingerprint density at radius 2 is 1.53 bits per heavy atom. The molecule has 7 heteroatoms. The van der Waals surface area contributed by atoms with Crippen molar-refractivity contribution in [2.45, 2.75) is 24.0 Å². The molecule has 3 rings (SSSR count). The van der Waals surface area contributed by atoms with E-state index in [2.05, 4.69) is 24.4 Å². The van der Waals surface area contributed by atoms with Crippen LogP contribution in [0.3, 0.4) is 0 Å². The van der Waals surface area contributed by atoms with E-state index in [9.17, 15) is 13.2 Å². The summed E-state index contributed by atoms with van der Waals surface area (Å²) < 4.78 is 27.5. The number of hydrogen-bond acceptors (Lipinski definition) is 4. The van der Waals surface area contributed by atoms with Gasteiger partial charge in [0.2, 0.25) is 5.91 Å². The third-order valence-electron chi connectivity index (χ3n) is 4.97. The van der Waals surface area contributed by atoms with Crippen molar-refractivity contribution in [2.75, 3.05) is 23.1 Å². The Hall–Kier alpha value is -2.77. The average Bonchev–Trinajstić information content (AvgIpc) is 2.82. The highest BCUT2D eigenvalue weighted by Crippen LogP contribution is 2.23. The molecule has 0 atom stereocenters. The number of thioether (sulfide) groups is 1. The maximum absolute atomic E-state index is 13.2. The molecule has 0 saturated carbocycles. The largest absolute Gasteiger partial charge is 0.354 e. The summed E-state index contributed by atoms with van der Waals surface area (Å²) in [6.45, 7) is 2.35. The van der Waals surface area contributed by atoms with Crippen molar-refractivity contribution >= 4 is 33.4 Å². The second kappa shape index (κ2) is 11.7. The lowest BCUT2D eigenvalue weighted by Crippen LogP contribution is -2.41. The lowest BCUT2D eigenvalue weighted by atomic mass is 10.1. The van der Waals surface area contributed by atoms with Gasteiger partial charge in [-0.2, -0.15) is 11.8 Å². The van der Waals surface area contributed by atoms with Gasteiger partial charge in [-0.05, 0) is 54.5 Å². The van der Waals surface area contributed by atoms with Gasteiger partial charge in [-0.1, -0.05) is 60.7 Å². The van der Waals surface area contributed by atoms with Crippen molar-refractivity contribution in [1.29, 1.82) is 0 Å². The van der Waals surface area contributed by atoms with Crippen molar-refractivity contribution in [3.63, 3.8) is 0 Å². The molecular formula is C25H28N2O3S2. The number of aryl methyl sites for hydroxylation is 1. The summed E-state index contributed by atoms with van der Waals surface area (Å²) in [6.07, 6.45) is 0.819. The minimum Gasteiger partial charge on any atom is -0.354 e. The molecule has 0 aliphatic rings. The zero-order valence-corrected chi connectivity index (χ0v) is 19.7. The fraction of sp³-hybridized carbons (Fsp3) is 0.240. The lowest BCUT2D eigenvalue weighted by Gasteiger charge is -2.24. The van der Waals surface area contributed by atoms with E-state index in [0.717, 1.165) is 22.2 Å². The van der Waals surface area contributed by atoms with Crippen molar-refractivity contribution in [1.82, 2.24) is 5.32 Å². The molecule has 3 aromatic rings. The molecule has 0 fully saturated rings. The number of anilines is 1. The second-order valence-corrected chi connectivity index (χ2v) is 10.3. The molecule has 0 unspecified atom stereocenters. The summed E-state index contributed by atoms with van der Waals surface area (Å²) in [5, 5.41) is 2.86. The molecule has 3 aromatic carbocycles. The maximum Gasteiger partial charge on any atom is 0.264 e. The first-order valence-electron chi connectivity index (χ1n) is 10.5. The van der Waals surface area contributed by atoms with Crippen LogP contribution in [0.4, 0.5) is 5.69 Å². The molecule has 5 nitrogen and oxygen atoms in total. The molecular weight excluding hydrogens is 440 g/mol. The highest BCUT2D eigenvalue weighted by Gasteiger charge is 2.26. The number of rotatable bonds is 11. The summed E-state index contributed by atoms with van der Waals surface area (Å²) >= 11 is 1.83. The Kier molecular flexibility index (Phi) is 8.76. The maximum atomic E-state index is 13.2. The molecule has 168 valence electrons. The van der Waals surface area contributed by atoms with Crippen molar-refractivity contribution in [3.8, 4) is 0 Å². The van der Waals surface area contributed by atoms with E-state index in [1.165, 1.54) is 23.3 Å². The Bertz CT molecular complexity index is 1100. The van der Waals surface area contributed by atoms with E-state index in [4.69, 9.17) is 0 Å². The van der Waals surface area contributed by atoms with Crippen molar-refractivity contribution in [2.24, 2.45) is 0 Å². The second-order valence-electron chi connectivity index (χ2n) is 7.34. The van der Waals surface area contributed by atoms with Crippen LogP contribution < -0.4 is 9.62 Å². The number of nitrogens with one attached hydrogen (secondary N) is 1. The van der Waals surface area contributed by atoms with E-state index in [1.54, 1.807) is 42.5 Å². The SMILES string of the molecule is Cc1ccccc1CSCCCNC(=O)CN(c1ccccc1)S(=O)(=O)c1ccccc1. The smallest absolute Gasteiger partial charge is 0.264 e. The predicted octanol–water partition coefficient (Wildman–Crippen LogP) is 4.63. The van der Waals surface area contributed by atoms with Crippen LogP contribution in [0.15, 0.2) is 89.8 Å². The average molecular weight is 469 g/mol. The van der Waals surface area contributed by atoms with Crippen LogP contribution in [0.2, 0.25) is 0 Å². The molecule has 32 heavy (non-hydrogen) atoms. The van der Waals surface area contributed by atoms with Crippen molar-refractivity contribution < 1.29 is 13.2 Å². The Balaban J connectivity index is 1.54. The number of benzene rings is 3. The third kappa shape index (κ3) is 6.61. The number of para-hydroxylation sites is 1. The molecule has 0 aliphatic heterocycles. The molecule has 0 spiro atoms. The van der Waals surface area contributed by atoms with Crippen LogP contribution in [0.1, 0.15) is 17.5 Å². The molecule has 0 aromatic heterocycles. The van der Waals surface area contributed by atoms with Gasteiger partial charge in [-0.25, -0.2) is 8.42 Å². The summed E-state index contributed by atoms with van der Waals surface area (Å²) in [6, 6.07) is 25.2. The molecule has 0 radical (unpaired) electrons. The highest BCUT2D eigenvalue weighted by molar-refractivity contribution is 7.98. The lowest BCUT2D eigenvalue weighted by molar-refractivity contribution is -0.119. The Morgan fingerprint density at radius 1 is 0.906 bits per heavy atom. The van der Waals surface area contributed by atoms with Gasteiger partial charge < -0.3 is 5.32 Å². The minimum atomic E-state index is -3.85. The van der Waals surface area contributed by atoms with Crippen molar-refractivity contribution in [3.05, 3.63) is 96.1 Å². The first-order valence-corrected chi connectivity index (χ1v) is 13.1. The number of hydrogen-bond donors (Lipinski definition) is 1. The van der Waals surface area contributed by atoms with Crippen LogP contribution >= 0.6 is 11.8 Å². The zero-order valence-electron chi connectivity index (χ0n) is 18.1. The molecule has 0 aliphatic carbocycles. The van der Waals surface area contributed by atoms with E-state index < -0.39 is 10.0 Å². The van der Waals surface area contributed by atoms with Gasteiger partial charge in [0.15, 0.2) is 0 Å². The first kappa shape index (κ1) is 23.9. The van der Waals surface area contributed by atoms with Crippen LogP contribution in [0, 0.1) is 6.92 Å². The molecule has 0 heterocycles. The van der Waals surface area contributed by atoms with Crippen LogP contribution in [-0.2, 0) is 20.6 Å². The fourth-order valence-electron chi connectivity index (χ4n) is 3.17. The minimum absolute atomic E-state index is 0.157. The topological polar surface area (TPSA) is 66.5 Å². The van der Waals surface area contributed by atoms with Gasteiger partial charge in [0, 0.05) is 12.3 Å². The van der Waals surface area contributed by atoms with Gasteiger partial charge in [-0.3, -0.25) is 9.10 Å². The third-order valence-corrected chi connectivity index (χ3v) is 7.85. The summed E-state index contributed by atoms with van der Waals surface area (Å²) in [5.41, 5.74) is 3.07. The number of sulfonamides is 1. The number of nitrogens with zero attached hydrogens (tertiary/aromatic N) is 1. The Morgan fingerprint density at radius 3 is 2.22 bits per heavy atom. The standard InChI is InChI=1S/C25H28N2O3S2/c1-21-11-8-9-12-22(21)20-31-18-10-17-26-25(28)19-27(23-13-4-2-5-14-23)32(29,30)24-15-6-3-7-16-24/h2-9,11-16H,10,17-20H2,1H3,(H,26,28). The fourth-order valence-corrected chi connectivity index (χ4v) is 5.65. The van der Waals surface area contributed by atoms with Crippen LogP contribution in [0.25, 0.3) is 0 Å². The van der Waals surface area contributed by atoms with Gasteiger partial charge in [0.05, 0.1) is 10.6 Å². The number of amides is 1. The monoisotopic (exact) mass is 468 g/mol. The molecule has 0 bridgehead atoms. The van der Waals surface area contributed by atoms with Gasteiger partial charge in [0.25, 0.3) is 10.0 Å². The van der Waals surface area contributed by atoms with E-state index in [1.807, 2.05) is 30.0 Å². The quantitative estimate of drug-likeness (QED) is 0.417. The molecule has 1 N–H and O–H groups in total. The van der Waals surface area contributed by atoms with Gasteiger partial charge in [0.1, 0.15) is 6.54 Å².